The second-order valence-electron chi connectivity index (χ2n) is 8.62. The van der Waals surface area contributed by atoms with E-state index in [1.807, 2.05) is 74.6 Å². The molecule has 0 aliphatic rings. The molecule has 0 unspecified atom stereocenters. The number of halogens is 1. The zero-order chi connectivity index (χ0) is 25.8. The van der Waals surface area contributed by atoms with Gasteiger partial charge in [-0.05, 0) is 34.8 Å². The van der Waals surface area contributed by atoms with Crippen LogP contribution in [0.2, 0.25) is 5.02 Å². The number of para-hydroxylation sites is 1. The van der Waals surface area contributed by atoms with E-state index in [0.717, 1.165) is 39.3 Å². The molecule has 0 fully saturated rings. The van der Waals surface area contributed by atoms with Gasteiger partial charge in [0.1, 0.15) is 19.4 Å². The highest BCUT2D eigenvalue weighted by molar-refractivity contribution is 6.36. The Kier molecular flexibility index (Phi) is 7.10. The number of anilines is 1. The van der Waals surface area contributed by atoms with Crippen LogP contribution in [0.15, 0.2) is 85.1 Å². The Balaban J connectivity index is 1.28. The third-order valence-electron chi connectivity index (χ3n) is 6.10. The lowest BCUT2D eigenvalue weighted by molar-refractivity contribution is 0.0948. The van der Waals surface area contributed by atoms with Crippen molar-refractivity contribution in [1.29, 1.82) is 0 Å². The Morgan fingerprint density at radius 3 is 2.46 bits per heavy atom. The van der Waals surface area contributed by atoms with Crippen molar-refractivity contribution >= 4 is 42.3 Å². The number of rotatable bonds is 8. The van der Waals surface area contributed by atoms with E-state index in [4.69, 9.17) is 21.3 Å². The van der Waals surface area contributed by atoms with Crippen molar-refractivity contribution < 1.29 is 9.53 Å². The van der Waals surface area contributed by atoms with Crippen LogP contribution >= 0.6 is 11.6 Å². The van der Waals surface area contributed by atoms with E-state index in [9.17, 15) is 4.79 Å². The highest BCUT2D eigenvalue weighted by atomic mass is 35.5. The average molecular weight is 510 g/mol. The zero-order valence-corrected chi connectivity index (χ0v) is 21.3. The van der Waals surface area contributed by atoms with E-state index in [-0.39, 0.29) is 5.91 Å². The zero-order valence-electron chi connectivity index (χ0n) is 20.5. The predicted molar refractivity (Wildman–Crippen MR) is 150 cm³/mol. The fourth-order valence-electron chi connectivity index (χ4n) is 4.08. The third kappa shape index (κ3) is 5.29. The second kappa shape index (κ2) is 10.8. The number of hydrogen-bond donors (Lipinski definition) is 2. The molecule has 0 spiro atoms. The van der Waals surface area contributed by atoms with Gasteiger partial charge in [-0.25, -0.2) is 4.98 Å². The number of benzene rings is 3. The molecule has 0 aliphatic heterocycles. The van der Waals surface area contributed by atoms with Crippen LogP contribution in [-0.4, -0.2) is 35.5 Å². The Hall–Kier alpha value is -4.30. The number of amides is 1. The van der Waals surface area contributed by atoms with Crippen LogP contribution in [-0.2, 0) is 13.1 Å². The van der Waals surface area contributed by atoms with Crippen LogP contribution in [0, 0.1) is 0 Å². The minimum Gasteiger partial charge on any atom is -0.496 e. The quantitative estimate of drug-likeness (QED) is 0.311. The van der Waals surface area contributed by atoms with Gasteiger partial charge in [0.15, 0.2) is 5.65 Å². The molecule has 3 aromatic carbocycles. The highest BCUT2D eigenvalue weighted by Crippen LogP contribution is 2.28. The number of ether oxygens (including phenoxy) is 1. The molecule has 2 heterocycles. The van der Waals surface area contributed by atoms with Crippen molar-refractivity contribution in [1.82, 2.24) is 19.9 Å². The first kappa shape index (κ1) is 24.4. The van der Waals surface area contributed by atoms with Crippen LogP contribution in [0.4, 0.5) is 5.82 Å². The van der Waals surface area contributed by atoms with Crippen LogP contribution in [0.5, 0.6) is 5.75 Å². The van der Waals surface area contributed by atoms with Crippen molar-refractivity contribution in [3.8, 4) is 17.0 Å². The SMILES string of the molecule is Bc1cnn2c(NCc3ccc(CNC(=O)c4ccccc4OC)cc3)cc(-c3ccccc3Cl)nc12. The summed E-state index contributed by atoms with van der Waals surface area (Å²) in [5.41, 5.74) is 6.02. The van der Waals surface area contributed by atoms with E-state index in [0.29, 0.717) is 29.4 Å². The number of methoxy groups -OCH3 is 1. The fourth-order valence-corrected chi connectivity index (χ4v) is 4.32. The van der Waals surface area contributed by atoms with Crippen molar-refractivity contribution in [3.63, 3.8) is 0 Å². The molecule has 5 rings (SSSR count). The molecule has 0 aliphatic carbocycles. The van der Waals surface area contributed by atoms with E-state index in [1.54, 1.807) is 30.0 Å². The average Bonchev–Trinajstić information content (AvgIpc) is 3.31. The van der Waals surface area contributed by atoms with E-state index >= 15 is 0 Å². The monoisotopic (exact) mass is 509 g/mol. The lowest BCUT2D eigenvalue weighted by Gasteiger charge is -2.12. The van der Waals surface area contributed by atoms with Gasteiger partial charge >= 0.3 is 0 Å². The van der Waals surface area contributed by atoms with Gasteiger partial charge in [0.25, 0.3) is 5.91 Å². The molecule has 5 aromatic rings. The molecule has 2 aromatic heterocycles. The van der Waals surface area contributed by atoms with Gasteiger partial charge in [-0.3, -0.25) is 4.79 Å². The van der Waals surface area contributed by atoms with Gasteiger partial charge in [0, 0.05) is 35.9 Å². The Bertz CT molecular complexity index is 1570. The van der Waals surface area contributed by atoms with Crippen LogP contribution < -0.4 is 20.8 Å². The molecular formula is C28H25BClN5O2. The van der Waals surface area contributed by atoms with Crippen LogP contribution in [0.3, 0.4) is 0 Å². The number of nitrogens with zero attached hydrogens (tertiary/aromatic N) is 3. The number of aromatic nitrogens is 3. The Morgan fingerprint density at radius 2 is 1.70 bits per heavy atom. The molecule has 2 N–H and O–H groups in total. The number of nitrogens with one attached hydrogen (secondary N) is 2. The van der Waals surface area contributed by atoms with Crippen molar-refractivity contribution in [3.05, 3.63) is 107 Å². The van der Waals surface area contributed by atoms with E-state index in [1.165, 1.54) is 0 Å². The fraction of sp³-hybridized carbons (Fsp3) is 0.107. The summed E-state index contributed by atoms with van der Waals surface area (Å²) in [4.78, 5) is 17.4. The summed E-state index contributed by atoms with van der Waals surface area (Å²) in [5, 5.41) is 11.6. The van der Waals surface area contributed by atoms with Crippen LogP contribution in [0.1, 0.15) is 21.5 Å². The van der Waals surface area contributed by atoms with Gasteiger partial charge in [-0.1, -0.05) is 66.2 Å². The summed E-state index contributed by atoms with van der Waals surface area (Å²) in [6, 6.07) is 24.9. The highest BCUT2D eigenvalue weighted by Gasteiger charge is 2.13. The molecule has 0 saturated carbocycles. The van der Waals surface area contributed by atoms with Gasteiger partial charge < -0.3 is 15.4 Å². The normalized spacial score (nSPS) is 10.9. The molecule has 0 atom stereocenters. The van der Waals surface area contributed by atoms with E-state index in [2.05, 4.69) is 15.7 Å². The smallest absolute Gasteiger partial charge is 0.255 e. The number of hydrogen-bond acceptors (Lipinski definition) is 5. The molecule has 0 saturated heterocycles. The second-order valence-corrected chi connectivity index (χ2v) is 9.03. The molecular weight excluding hydrogens is 485 g/mol. The summed E-state index contributed by atoms with van der Waals surface area (Å²) in [5.74, 6) is 1.20. The van der Waals surface area contributed by atoms with Crippen molar-refractivity contribution in [2.75, 3.05) is 12.4 Å². The first-order valence-corrected chi connectivity index (χ1v) is 12.2. The molecule has 9 heteroatoms. The molecule has 37 heavy (non-hydrogen) atoms. The molecule has 0 radical (unpaired) electrons. The minimum absolute atomic E-state index is 0.172. The van der Waals surface area contributed by atoms with Gasteiger partial charge in [-0.15, -0.1) is 0 Å². The molecule has 184 valence electrons. The predicted octanol–water partition coefficient (Wildman–Crippen LogP) is 3.86. The standard InChI is InChI=1S/C28H25BClN5O2/c1-37-25-9-5-3-7-21(25)28(36)32-16-19-12-10-18(11-13-19)15-31-26-14-24(20-6-2-4-8-23(20)30)34-27-22(29)17-33-35(26)27/h2-14,17,31H,15-16,29H2,1H3,(H,32,36). The maximum atomic E-state index is 12.6. The largest absolute Gasteiger partial charge is 0.496 e. The summed E-state index contributed by atoms with van der Waals surface area (Å²) in [6.45, 7) is 1.01. The number of carbonyl (C=O) groups excluding carboxylic acids is 1. The topological polar surface area (TPSA) is 80.5 Å². The Morgan fingerprint density at radius 1 is 1.00 bits per heavy atom. The molecule has 7 nitrogen and oxygen atoms in total. The van der Waals surface area contributed by atoms with E-state index < -0.39 is 0 Å². The van der Waals surface area contributed by atoms with Crippen molar-refractivity contribution in [2.45, 2.75) is 13.1 Å². The third-order valence-corrected chi connectivity index (χ3v) is 6.43. The number of fused-ring (bicyclic) bond motifs is 1. The van der Waals surface area contributed by atoms with Gasteiger partial charge in [0.2, 0.25) is 0 Å². The molecule has 0 bridgehead atoms. The maximum Gasteiger partial charge on any atom is 0.255 e. The maximum absolute atomic E-state index is 12.6. The molecule has 1 amide bonds. The van der Waals surface area contributed by atoms with Gasteiger partial charge in [-0.2, -0.15) is 9.61 Å². The first-order valence-electron chi connectivity index (χ1n) is 11.9. The summed E-state index contributed by atoms with van der Waals surface area (Å²) in [6.07, 6.45) is 1.80. The van der Waals surface area contributed by atoms with Gasteiger partial charge in [0.05, 0.1) is 18.4 Å². The first-order chi connectivity index (χ1) is 18.0. The Labute approximate surface area is 220 Å². The van der Waals surface area contributed by atoms with Crippen LogP contribution in [0.25, 0.3) is 16.9 Å². The lowest BCUT2D eigenvalue weighted by atomic mass is 10.0. The minimum atomic E-state index is -0.172. The summed E-state index contributed by atoms with van der Waals surface area (Å²) >= 11 is 6.44. The van der Waals surface area contributed by atoms with Crippen molar-refractivity contribution in [2.24, 2.45) is 0 Å². The number of carbonyl (C=O) groups is 1. The summed E-state index contributed by atoms with van der Waals surface area (Å²) < 4.78 is 7.08. The summed E-state index contributed by atoms with van der Waals surface area (Å²) in [7, 11) is 3.54. The lowest BCUT2D eigenvalue weighted by Crippen LogP contribution is -2.23.